The van der Waals surface area contributed by atoms with E-state index >= 15 is 0 Å². The number of aryl methyl sites for hydroxylation is 1. The molecule has 0 radical (unpaired) electrons. The summed E-state index contributed by atoms with van der Waals surface area (Å²) in [6.45, 7) is 0. The Kier molecular flexibility index (Phi) is 3.04. The summed E-state index contributed by atoms with van der Waals surface area (Å²) >= 11 is 0. The Balaban J connectivity index is 1.98. The standard InChI is InChI=1S/C14H13N3O4/c1-16-6-2-3-8-10(16)7-12(19)17(14(8)21)9-4-5-11(18)15-13(9)20/h2-3,6,9H,4-5,7H2,1H3/p+1. The van der Waals surface area contributed by atoms with E-state index in [1.807, 2.05) is 0 Å². The second-order valence-corrected chi connectivity index (χ2v) is 5.19. The molecule has 21 heavy (non-hydrogen) atoms. The number of rotatable bonds is 1. The van der Waals surface area contributed by atoms with Gasteiger partial charge >= 0.3 is 0 Å². The molecule has 7 nitrogen and oxygen atoms in total. The van der Waals surface area contributed by atoms with Crippen LogP contribution in [0.25, 0.3) is 0 Å². The van der Waals surface area contributed by atoms with E-state index in [-0.39, 0.29) is 25.2 Å². The number of nitrogens with zero attached hydrogens (tertiary/aromatic N) is 2. The normalized spacial score (nSPS) is 22.1. The topological polar surface area (TPSA) is 87.4 Å². The number of carbonyl (C=O) groups is 4. The summed E-state index contributed by atoms with van der Waals surface area (Å²) in [7, 11) is 1.76. The molecule has 1 unspecified atom stereocenters. The minimum Gasteiger partial charge on any atom is -0.295 e. The molecule has 0 saturated carbocycles. The highest BCUT2D eigenvalue weighted by Crippen LogP contribution is 2.22. The average molecular weight is 288 g/mol. The second kappa shape index (κ2) is 4.76. The first-order valence-electron chi connectivity index (χ1n) is 6.66. The summed E-state index contributed by atoms with van der Waals surface area (Å²) < 4.78 is 1.73. The Bertz CT molecular complexity index is 683. The molecule has 1 atom stereocenters. The van der Waals surface area contributed by atoms with Crippen LogP contribution in [0, 0.1) is 0 Å². The maximum Gasteiger partial charge on any atom is 0.267 e. The molecule has 1 fully saturated rings. The number of pyridine rings is 1. The summed E-state index contributed by atoms with van der Waals surface area (Å²) in [5.74, 6) is -1.85. The van der Waals surface area contributed by atoms with Crippen LogP contribution in [-0.2, 0) is 27.9 Å². The van der Waals surface area contributed by atoms with Crippen molar-refractivity contribution in [2.45, 2.75) is 25.3 Å². The lowest BCUT2D eigenvalue weighted by atomic mass is 9.97. The first kappa shape index (κ1) is 13.4. The minimum absolute atomic E-state index is 0.0656. The quantitative estimate of drug-likeness (QED) is 0.521. The van der Waals surface area contributed by atoms with E-state index in [4.69, 9.17) is 0 Å². The largest absolute Gasteiger partial charge is 0.295 e. The zero-order chi connectivity index (χ0) is 15.1. The van der Waals surface area contributed by atoms with E-state index in [9.17, 15) is 19.2 Å². The Labute approximate surface area is 120 Å². The highest BCUT2D eigenvalue weighted by molar-refractivity contribution is 6.13. The number of hydrogen-bond acceptors (Lipinski definition) is 4. The summed E-state index contributed by atoms with van der Waals surface area (Å²) in [4.78, 5) is 48.9. The zero-order valence-electron chi connectivity index (χ0n) is 11.5. The number of aromatic nitrogens is 1. The van der Waals surface area contributed by atoms with Crippen molar-refractivity contribution in [3.63, 3.8) is 0 Å². The van der Waals surface area contributed by atoms with Crippen LogP contribution in [0.1, 0.15) is 28.9 Å². The van der Waals surface area contributed by atoms with Gasteiger partial charge in [0.1, 0.15) is 25.1 Å². The number of piperidine rings is 1. The predicted octanol–water partition coefficient (Wildman–Crippen LogP) is -1.16. The van der Waals surface area contributed by atoms with E-state index in [2.05, 4.69) is 5.32 Å². The maximum atomic E-state index is 12.5. The summed E-state index contributed by atoms with van der Waals surface area (Å²) in [6.07, 6.45) is 2.14. The van der Waals surface area contributed by atoms with Crippen molar-refractivity contribution in [2.24, 2.45) is 7.05 Å². The van der Waals surface area contributed by atoms with E-state index in [1.165, 1.54) is 0 Å². The van der Waals surface area contributed by atoms with E-state index in [0.29, 0.717) is 11.3 Å². The maximum absolute atomic E-state index is 12.5. The third-order valence-corrected chi connectivity index (χ3v) is 3.87. The van der Waals surface area contributed by atoms with E-state index in [0.717, 1.165) is 4.90 Å². The van der Waals surface area contributed by atoms with Gasteiger partial charge in [0.15, 0.2) is 6.20 Å². The predicted molar refractivity (Wildman–Crippen MR) is 68.7 cm³/mol. The van der Waals surface area contributed by atoms with Crippen LogP contribution in [0.4, 0.5) is 0 Å². The highest BCUT2D eigenvalue weighted by Gasteiger charge is 2.43. The molecule has 0 aromatic carbocycles. The molecule has 0 bridgehead atoms. The van der Waals surface area contributed by atoms with Gasteiger partial charge in [0, 0.05) is 12.5 Å². The molecule has 1 aromatic rings. The first-order chi connectivity index (χ1) is 9.99. The molecule has 0 spiro atoms. The molecule has 3 heterocycles. The van der Waals surface area contributed by atoms with Gasteiger partial charge in [-0.2, -0.15) is 0 Å². The fraction of sp³-hybridized carbons (Fsp3) is 0.357. The van der Waals surface area contributed by atoms with Gasteiger partial charge in [0.05, 0.1) is 0 Å². The van der Waals surface area contributed by atoms with Crippen molar-refractivity contribution in [3.05, 3.63) is 29.6 Å². The van der Waals surface area contributed by atoms with Crippen LogP contribution >= 0.6 is 0 Å². The number of amides is 4. The molecular formula is C14H14N3O4+. The third kappa shape index (κ3) is 2.10. The Morgan fingerprint density at radius 1 is 1.29 bits per heavy atom. The van der Waals surface area contributed by atoms with Gasteiger partial charge in [-0.3, -0.25) is 29.4 Å². The van der Waals surface area contributed by atoms with Crippen molar-refractivity contribution >= 4 is 23.6 Å². The van der Waals surface area contributed by atoms with Gasteiger partial charge in [-0.15, -0.1) is 0 Å². The van der Waals surface area contributed by atoms with Crippen LogP contribution in [-0.4, -0.2) is 34.6 Å². The van der Waals surface area contributed by atoms with Gasteiger partial charge in [0.25, 0.3) is 5.91 Å². The molecular weight excluding hydrogens is 274 g/mol. The smallest absolute Gasteiger partial charge is 0.267 e. The van der Waals surface area contributed by atoms with Crippen LogP contribution in [0.2, 0.25) is 0 Å². The van der Waals surface area contributed by atoms with E-state index < -0.39 is 23.8 Å². The molecule has 108 valence electrons. The molecule has 4 amide bonds. The highest BCUT2D eigenvalue weighted by atomic mass is 16.2. The van der Waals surface area contributed by atoms with Crippen molar-refractivity contribution in [1.82, 2.24) is 10.2 Å². The van der Waals surface area contributed by atoms with Crippen molar-refractivity contribution < 1.29 is 23.7 Å². The molecule has 0 aliphatic carbocycles. The Morgan fingerprint density at radius 2 is 2.05 bits per heavy atom. The molecule has 2 aliphatic heterocycles. The molecule has 2 aliphatic rings. The molecule has 1 saturated heterocycles. The number of imide groups is 2. The monoisotopic (exact) mass is 288 g/mol. The summed E-state index contributed by atoms with van der Waals surface area (Å²) in [5.41, 5.74) is 1.06. The number of carbonyl (C=O) groups excluding carboxylic acids is 4. The minimum atomic E-state index is -0.902. The second-order valence-electron chi connectivity index (χ2n) is 5.19. The lowest BCUT2D eigenvalue weighted by Gasteiger charge is -2.33. The van der Waals surface area contributed by atoms with Gasteiger partial charge in [-0.25, -0.2) is 4.57 Å². The number of nitrogens with one attached hydrogen (secondary N) is 1. The lowest BCUT2D eigenvalue weighted by Crippen LogP contribution is -2.59. The van der Waals surface area contributed by atoms with Gasteiger partial charge in [0.2, 0.25) is 23.4 Å². The molecule has 1 N–H and O–H groups in total. The van der Waals surface area contributed by atoms with Gasteiger partial charge in [-0.1, -0.05) is 0 Å². The average Bonchev–Trinajstić information content (AvgIpc) is 2.42. The van der Waals surface area contributed by atoms with Crippen molar-refractivity contribution in [1.29, 1.82) is 0 Å². The number of fused-ring (bicyclic) bond motifs is 1. The number of hydrogen-bond donors (Lipinski definition) is 1. The van der Waals surface area contributed by atoms with Gasteiger partial charge in [-0.05, 0) is 12.5 Å². The fourth-order valence-electron chi connectivity index (χ4n) is 2.77. The fourth-order valence-corrected chi connectivity index (χ4v) is 2.77. The van der Waals surface area contributed by atoms with Crippen LogP contribution in [0.3, 0.4) is 0 Å². The van der Waals surface area contributed by atoms with Crippen LogP contribution in [0.15, 0.2) is 18.3 Å². The molecule has 3 rings (SSSR count). The van der Waals surface area contributed by atoms with Crippen molar-refractivity contribution in [2.75, 3.05) is 0 Å². The van der Waals surface area contributed by atoms with Crippen LogP contribution < -0.4 is 9.88 Å². The summed E-state index contributed by atoms with van der Waals surface area (Å²) in [5, 5.41) is 2.17. The zero-order valence-corrected chi connectivity index (χ0v) is 11.5. The third-order valence-electron chi connectivity index (χ3n) is 3.87. The molecule has 7 heteroatoms. The Hall–Kier alpha value is -2.57. The summed E-state index contributed by atoms with van der Waals surface area (Å²) in [6, 6.07) is 2.46. The SMILES string of the molecule is C[n+]1cccc2c1CC(=O)N(C1CCC(=O)NC1=O)C2=O. The van der Waals surface area contributed by atoms with Gasteiger partial charge < -0.3 is 0 Å². The van der Waals surface area contributed by atoms with Crippen molar-refractivity contribution in [3.8, 4) is 0 Å². The van der Waals surface area contributed by atoms with E-state index in [1.54, 1.807) is 29.9 Å². The van der Waals surface area contributed by atoms with Crippen LogP contribution in [0.5, 0.6) is 0 Å². The first-order valence-corrected chi connectivity index (χ1v) is 6.66. The lowest BCUT2D eigenvalue weighted by molar-refractivity contribution is -0.678. The molecule has 1 aromatic heterocycles. The Morgan fingerprint density at radius 3 is 2.76 bits per heavy atom.